The number of nitriles is 1. The van der Waals surface area contributed by atoms with Gasteiger partial charge in [-0.15, -0.1) is 11.3 Å². The summed E-state index contributed by atoms with van der Waals surface area (Å²) in [5.74, 6) is -0.317. The number of thiazole rings is 1. The van der Waals surface area contributed by atoms with E-state index in [1.54, 1.807) is 0 Å². The summed E-state index contributed by atoms with van der Waals surface area (Å²) in [7, 11) is -3.70. The molecule has 0 saturated heterocycles. The zero-order valence-corrected chi connectivity index (χ0v) is 17.0. The van der Waals surface area contributed by atoms with Gasteiger partial charge >= 0.3 is 0 Å². The van der Waals surface area contributed by atoms with Crippen molar-refractivity contribution in [3.8, 4) is 17.3 Å². The van der Waals surface area contributed by atoms with Crippen LogP contribution in [0.3, 0.4) is 0 Å². The van der Waals surface area contributed by atoms with Gasteiger partial charge in [-0.1, -0.05) is 30.3 Å². The Morgan fingerprint density at radius 3 is 2.52 bits per heavy atom. The van der Waals surface area contributed by atoms with Gasteiger partial charge in [0.25, 0.3) is 5.91 Å². The number of carbonyl (C=O) groups excluding carboxylic acids is 1. The van der Waals surface area contributed by atoms with E-state index < -0.39 is 10.0 Å². The molecule has 0 spiro atoms. The minimum absolute atomic E-state index is 0.0411. The first-order chi connectivity index (χ1) is 14.0. The highest BCUT2D eigenvalue weighted by atomic mass is 32.2. The lowest BCUT2D eigenvalue weighted by Crippen LogP contribution is -2.25. The number of aromatic nitrogens is 1. The third-order valence-electron chi connectivity index (χ3n) is 3.98. The van der Waals surface area contributed by atoms with Gasteiger partial charge in [-0.25, -0.2) is 18.1 Å². The van der Waals surface area contributed by atoms with Crippen LogP contribution in [0.5, 0.6) is 0 Å². The Morgan fingerprint density at radius 1 is 1.10 bits per heavy atom. The SMILES string of the molecule is N#CCCNS(=O)(=O)c1ccc(C(=O)NCc2nc(-c3ccccc3)cs2)cc1. The first-order valence-electron chi connectivity index (χ1n) is 8.74. The molecule has 148 valence electrons. The van der Waals surface area contributed by atoms with Gasteiger partial charge < -0.3 is 5.32 Å². The lowest BCUT2D eigenvalue weighted by molar-refractivity contribution is 0.0950. The number of nitrogens with zero attached hydrogens (tertiary/aromatic N) is 2. The standard InChI is InChI=1S/C20H18N4O3S2/c21-11-4-12-23-29(26,27)17-9-7-16(8-10-17)20(25)22-13-19-24-18(14-28-19)15-5-2-1-3-6-15/h1-3,5-10,14,23H,4,12-13H2,(H,22,25). The molecule has 0 bridgehead atoms. The van der Waals surface area contributed by atoms with E-state index in [1.807, 2.05) is 41.8 Å². The van der Waals surface area contributed by atoms with E-state index in [1.165, 1.54) is 35.6 Å². The Balaban J connectivity index is 1.59. The van der Waals surface area contributed by atoms with Gasteiger partial charge in [0, 0.05) is 29.5 Å². The molecule has 2 N–H and O–H groups in total. The van der Waals surface area contributed by atoms with E-state index >= 15 is 0 Å². The molecule has 0 radical (unpaired) electrons. The van der Waals surface area contributed by atoms with E-state index in [4.69, 9.17) is 5.26 Å². The van der Waals surface area contributed by atoms with Crippen LogP contribution in [0.2, 0.25) is 0 Å². The van der Waals surface area contributed by atoms with Gasteiger partial charge in [0.1, 0.15) is 5.01 Å². The van der Waals surface area contributed by atoms with Crippen LogP contribution >= 0.6 is 11.3 Å². The maximum Gasteiger partial charge on any atom is 0.251 e. The number of nitrogens with one attached hydrogen (secondary N) is 2. The van der Waals surface area contributed by atoms with E-state index in [0.29, 0.717) is 5.56 Å². The molecule has 2 aromatic carbocycles. The second kappa shape index (κ2) is 9.43. The van der Waals surface area contributed by atoms with Crippen LogP contribution in [-0.4, -0.2) is 25.9 Å². The predicted molar refractivity (Wildman–Crippen MR) is 111 cm³/mol. The average molecular weight is 427 g/mol. The van der Waals surface area contributed by atoms with Crippen LogP contribution in [0.1, 0.15) is 21.8 Å². The van der Waals surface area contributed by atoms with E-state index in [2.05, 4.69) is 15.0 Å². The smallest absolute Gasteiger partial charge is 0.251 e. The summed E-state index contributed by atoms with van der Waals surface area (Å²) in [5.41, 5.74) is 2.22. The molecule has 29 heavy (non-hydrogen) atoms. The highest BCUT2D eigenvalue weighted by molar-refractivity contribution is 7.89. The number of benzene rings is 2. The molecule has 3 rings (SSSR count). The summed E-state index contributed by atoms with van der Waals surface area (Å²) in [5, 5.41) is 14.0. The Morgan fingerprint density at radius 2 is 1.83 bits per heavy atom. The van der Waals surface area contributed by atoms with Crippen molar-refractivity contribution in [2.45, 2.75) is 17.9 Å². The topological polar surface area (TPSA) is 112 Å². The lowest BCUT2D eigenvalue weighted by atomic mass is 10.2. The normalized spacial score (nSPS) is 11.0. The molecular formula is C20H18N4O3S2. The fraction of sp³-hybridized carbons (Fsp3) is 0.150. The molecule has 1 aromatic heterocycles. The maximum absolute atomic E-state index is 12.3. The zero-order valence-electron chi connectivity index (χ0n) is 15.3. The molecule has 0 aliphatic carbocycles. The third-order valence-corrected chi connectivity index (χ3v) is 6.30. The Labute approximate surface area is 173 Å². The average Bonchev–Trinajstić information content (AvgIpc) is 3.22. The Hall–Kier alpha value is -3.06. The molecule has 0 aliphatic rings. The first-order valence-corrected chi connectivity index (χ1v) is 11.1. The molecule has 0 unspecified atom stereocenters. The van der Waals surface area contributed by atoms with Gasteiger partial charge in [0.15, 0.2) is 0 Å². The van der Waals surface area contributed by atoms with Crippen molar-refractivity contribution in [3.05, 3.63) is 70.5 Å². The van der Waals surface area contributed by atoms with Crippen LogP contribution in [0.15, 0.2) is 64.9 Å². The Bertz CT molecular complexity index is 1120. The fourth-order valence-corrected chi connectivity index (χ4v) is 4.28. The third kappa shape index (κ3) is 5.48. The molecule has 1 heterocycles. The second-order valence-corrected chi connectivity index (χ2v) is 8.72. The van der Waals surface area contributed by atoms with E-state index in [9.17, 15) is 13.2 Å². The number of hydrogen-bond donors (Lipinski definition) is 2. The first kappa shape index (κ1) is 20.7. The minimum atomic E-state index is -3.70. The van der Waals surface area contributed by atoms with Crippen LogP contribution < -0.4 is 10.0 Å². The molecule has 0 fully saturated rings. The van der Waals surface area contributed by atoms with Crippen LogP contribution in [0.4, 0.5) is 0 Å². The van der Waals surface area contributed by atoms with Gasteiger partial charge in [-0.2, -0.15) is 5.26 Å². The molecule has 0 saturated carbocycles. The van der Waals surface area contributed by atoms with Gasteiger partial charge in [0.05, 0.1) is 23.2 Å². The number of rotatable bonds is 8. The number of carbonyl (C=O) groups is 1. The van der Waals surface area contributed by atoms with Crippen molar-refractivity contribution in [2.75, 3.05) is 6.54 Å². The zero-order chi connectivity index (χ0) is 20.7. The largest absolute Gasteiger partial charge is 0.346 e. The molecule has 7 nitrogen and oxygen atoms in total. The summed E-state index contributed by atoms with van der Waals surface area (Å²) in [6, 6.07) is 17.3. The Kier molecular flexibility index (Phi) is 6.72. The number of amides is 1. The lowest BCUT2D eigenvalue weighted by Gasteiger charge is -2.07. The molecule has 0 aliphatic heterocycles. The number of sulfonamides is 1. The molecule has 1 amide bonds. The molecule has 9 heteroatoms. The highest BCUT2D eigenvalue weighted by Crippen LogP contribution is 2.21. The second-order valence-electron chi connectivity index (χ2n) is 6.01. The summed E-state index contributed by atoms with van der Waals surface area (Å²) in [6.07, 6.45) is 0.0858. The van der Waals surface area contributed by atoms with Crippen LogP contribution in [0.25, 0.3) is 11.3 Å². The monoisotopic (exact) mass is 426 g/mol. The van der Waals surface area contributed by atoms with Gasteiger partial charge in [-0.3, -0.25) is 4.79 Å². The summed E-state index contributed by atoms with van der Waals surface area (Å²) < 4.78 is 26.5. The fourth-order valence-electron chi connectivity index (χ4n) is 2.50. The summed E-state index contributed by atoms with van der Waals surface area (Å²) in [6.45, 7) is 0.325. The summed E-state index contributed by atoms with van der Waals surface area (Å²) in [4.78, 5) is 16.9. The predicted octanol–water partition coefficient (Wildman–Crippen LogP) is 2.93. The maximum atomic E-state index is 12.3. The van der Waals surface area contributed by atoms with E-state index in [0.717, 1.165) is 16.3 Å². The minimum Gasteiger partial charge on any atom is -0.346 e. The van der Waals surface area contributed by atoms with Crippen LogP contribution in [-0.2, 0) is 16.6 Å². The molecule has 0 atom stereocenters. The van der Waals surface area contributed by atoms with Crippen molar-refractivity contribution in [1.82, 2.24) is 15.0 Å². The van der Waals surface area contributed by atoms with Crippen molar-refractivity contribution in [3.63, 3.8) is 0 Å². The van der Waals surface area contributed by atoms with Gasteiger partial charge in [0.2, 0.25) is 10.0 Å². The van der Waals surface area contributed by atoms with Crippen molar-refractivity contribution in [2.24, 2.45) is 0 Å². The number of hydrogen-bond acceptors (Lipinski definition) is 6. The quantitative estimate of drug-likeness (QED) is 0.538. The highest BCUT2D eigenvalue weighted by Gasteiger charge is 2.14. The van der Waals surface area contributed by atoms with E-state index in [-0.39, 0.29) is 30.3 Å². The van der Waals surface area contributed by atoms with Crippen molar-refractivity contribution in [1.29, 1.82) is 5.26 Å². The molecular weight excluding hydrogens is 408 g/mol. The molecule has 3 aromatic rings. The van der Waals surface area contributed by atoms with Crippen molar-refractivity contribution < 1.29 is 13.2 Å². The van der Waals surface area contributed by atoms with Gasteiger partial charge in [-0.05, 0) is 24.3 Å². The van der Waals surface area contributed by atoms with Crippen molar-refractivity contribution >= 4 is 27.3 Å². The van der Waals surface area contributed by atoms with Crippen LogP contribution in [0, 0.1) is 11.3 Å². The summed E-state index contributed by atoms with van der Waals surface area (Å²) >= 11 is 1.46.